The van der Waals surface area contributed by atoms with Gasteiger partial charge in [-0.2, -0.15) is 0 Å². The molecule has 2 unspecified atom stereocenters. The number of ether oxygens (including phenoxy) is 1. The average Bonchev–Trinajstić information content (AvgIpc) is 2.25. The molecule has 0 saturated carbocycles. The summed E-state index contributed by atoms with van der Waals surface area (Å²) in [5.74, 6) is 0.643. The Balaban J connectivity index is 3.62. The van der Waals surface area contributed by atoms with Crippen LogP contribution in [0.15, 0.2) is 0 Å². The Labute approximate surface area is 101 Å². The van der Waals surface area contributed by atoms with Gasteiger partial charge in [0.15, 0.2) is 0 Å². The summed E-state index contributed by atoms with van der Waals surface area (Å²) in [5, 5.41) is 12.6. The maximum atomic E-state index is 9.29. The summed E-state index contributed by atoms with van der Waals surface area (Å²) in [7, 11) is 0. The molecule has 0 rings (SSSR count). The molecule has 0 aromatic carbocycles. The molecule has 0 aliphatic rings. The fourth-order valence-corrected chi connectivity index (χ4v) is 1.81. The van der Waals surface area contributed by atoms with Gasteiger partial charge in [0.25, 0.3) is 0 Å². The van der Waals surface area contributed by atoms with E-state index < -0.39 is 0 Å². The van der Waals surface area contributed by atoms with E-state index in [1.54, 1.807) is 0 Å². The van der Waals surface area contributed by atoms with E-state index in [9.17, 15) is 5.11 Å². The minimum absolute atomic E-state index is 0.161. The van der Waals surface area contributed by atoms with Crippen LogP contribution in [0, 0.1) is 5.92 Å². The van der Waals surface area contributed by atoms with E-state index in [1.807, 2.05) is 6.92 Å². The lowest BCUT2D eigenvalue weighted by Gasteiger charge is -2.28. The Kier molecular flexibility index (Phi) is 8.90. The molecule has 0 amide bonds. The van der Waals surface area contributed by atoms with E-state index in [-0.39, 0.29) is 12.1 Å². The Morgan fingerprint density at radius 1 is 1.38 bits per heavy atom. The van der Waals surface area contributed by atoms with Gasteiger partial charge < -0.3 is 15.2 Å². The van der Waals surface area contributed by atoms with Crippen molar-refractivity contribution in [3.05, 3.63) is 0 Å². The number of aliphatic hydroxyl groups is 1. The molecule has 0 aliphatic heterocycles. The zero-order chi connectivity index (χ0) is 12.4. The highest BCUT2D eigenvalue weighted by molar-refractivity contribution is 4.81. The third-order valence-electron chi connectivity index (χ3n) is 2.93. The molecule has 0 heterocycles. The number of hydrogen-bond donors (Lipinski definition) is 2. The molecule has 0 aromatic rings. The Morgan fingerprint density at radius 2 is 2.06 bits per heavy atom. The molecule has 0 fully saturated rings. The van der Waals surface area contributed by atoms with Gasteiger partial charge in [0.1, 0.15) is 0 Å². The second-order valence-corrected chi connectivity index (χ2v) is 4.97. The molecule has 3 nitrogen and oxygen atoms in total. The van der Waals surface area contributed by atoms with Crippen LogP contribution in [0.3, 0.4) is 0 Å². The summed E-state index contributed by atoms with van der Waals surface area (Å²) < 4.78 is 5.64. The average molecular weight is 231 g/mol. The van der Waals surface area contributed by atoms with Crippen LogP contribution in [0.4, 0.5) is 0 Å². The van der Waals surface area contributed by atoms with Crippen LogP contribution < -0.4 is 5.32 Å². The van der Waals surface area contributed by atoms with Crippen molar-refractivity contribution in [2.24, 2.45) is 5.92 Å². The quantitative estimate of drug-likeness (QED) is 0.566. The molecular formula is C13H29NO2. The van der Waals surface area contributed by atoms with Gasteiger partial charge >= 0.3 is 0 Å². The molecule has 0 radical (unpaired) electrons. The number of nitrogens with one attached hydrogen (secondary N) is 1. The summed E-state index contributed by atoms with van der Waals surface area (Å²) >= 11 is 0. The van der Waals surface area contributed by atoms with Gasteiger partial charge in [0.2, 0.25) is 0 Å². The van der Waals surface area contributed by atoms with Gasteiger partial charge in [-0.25, -0.2) is 0 Å². The van der Waals surface area contributed by atoms with Crippen molar-refractivity contribution >= 4 is 0 Å². The lowest BCUT2D eigenvalue weighted by Crippen LogP contribution is -2.46. The van der Waals surface area contributed by atoms with E-state index in [0.717, 1.165) is 26.2 Å². The maximum Gasteiger partial charge on any atom is 0.0611 e. The van der Waals surface area contributed by atoms with E-state index in [4.69, 9.17) is 4.74 Å². The van der Waals surface area contributed by atoms with Crippen LogP contribution in [-0.4, -0.2) is 37.0 Å². The number of hydrogen-bond acceptors (Lipinski definition) is 3. The SMILES string of the molecule is CCCC(C)COCCC(C)(CO)NCC. The highest BCUT2D eigenvalue weighted by atomic mass is 16.5. The van der Waals surface area contributed by atoms with Gasteiger partial charge in [-0.05, 0) is 32.2 Å². The third kappa shape index (κ3) is 7.20. The van der Waals surface area contributed by atoms with Gasteiger partial charge in [0.05, 0.1) is 6.61 Å². The van der Waals surface area contributed by atoms with Crippen molar-refractivity contribution in [2.45, 2.75) is 52.5 Å². The van der Waals surface area contributed by atoms with Gasteiger partial charge in [0, 0.05) is 18.8 Å². The molecule has 2 atom stereocenters. The normalized spacial score (nSPS) is 17.1. The second kappa shape index (κ2) is 8.97. The lowest BCUT2D eigenvalue weighted by atomic mass is 9.99. The van der Waals surface area contributed by atoms with Crippen molar-refractivity contribution in [2.75, 3.05) is 26.4 Å². The van der Waals surface area contributed by atoms with Crippen LogP contribution in [0.2, 0.25) is 0 Å². The Hall–Kier alpha value is -0.120. The molecule has 3 heteroatoms. The molecule has 98 valence electrons. The fourth-order valence-electron chi connectivity index (χ4n) is 1.81. The highest BCUT2D eigenvalue weighted by Crippen LogP contribution is 2.10. The summed E-state index contributed by atoms with van der Waals surface area (Å²) in [6, 6.07) is 0. The summed E-state index contributed by atoms with van der Waals surface area (Å²) in [6.07, 6.45) is 3.30. The van der Waals surface area contributed by atoms with Crippen LogP contribution in [0.1, 0.15) is 47.0 Å². The monoisotopic (exact) mass is 231 g/mol. The molecule has 0 bridgehead atoms. The van der Waals surface area contributed by atoms with Crippen LogP contribution >= 0.6 is 0 Å². The van der Waals surface area contributed by atoms with Crippen molar-refractivity contribution in [3.63, 3.8) is 0 Å². The van der Waals surface area contributed by atoms with Crippen LogP contribution in [-0.2, 0) is 4.74 Å². The molecule has 16 heavy (non-hydrogen) atoms. The van der Waals surface area contributed by atoms with Gasteiger partial charge in [-0.15, -0.1) is 0 Å². The molecule has 0 aliphatic carbocycles. The summed E-state index contributed by atoms with van der Waals surface area (Å²) in [5.41, 5.74) is -0.192. The number of likely N-dealkylation sites (N-methyl/N-ethyl adjacent to an activating group) is 1. The van der Waals surface area contributed by atoms with Gasteiger partial charge in [-0.1, -0.05) is 27.2 Å². The van der Waals surface area contributed by atoms with Gasteiger partial charge in [-0.3, -0.25) is 0 Å². The summed E-state index contributed by atoms with van der Waals surface area (Å²) in [4.78, 5) is 0. The topological polar surface area (TPSA) is 41.5 Å². The standard InChI is InChI=1S/C13H29NO2/c1-5-7-12(3)10-16-9-8-13(4,11-15)14-6-2/h12,14-15H,5-11H2,1-4H3. The van der Waals surface area contributed by atoms with Crippen molar-refractivity contribution in [1.29, 1.82) is 0 Å². The largest absolute Gasteiger partial charge is 0.394 e. The molecule has 0 aromatic heterocycles. The van der Waals surface area contributed by atoms with Crippen molar-refractivity contribution < 1.29 is 9.84 Å². The first kappa shape index (κ1) is 15.9. The summed E-state index contributed by atoms with van der Waals surface area (Å²) in [6.45, 7) is 11.1. The third-order valence-corrected chi connectivity index (χ3v) is 2.93. The zero-order valence-corrected chi connectivity index (χ0v) is 11.4. The minimum atomic E-state index is -0.192. The molecule has 0 saturated heterocycles. The minimum Gasteiger partial charge on any atom is -0.394 e. The Bertz CT molecular complexity index is 164. The molecule has 0 spiro atoms. The van der Waals surface area contributed by atoms with Crippen molar-refractivity contribution in [1.82, 2.24) is 5.32 Å². The van der Waals surface area contributed by atoms with E-state index in [0.29, 0.717) is 5.92 Å². The first-order valence-corrected chi connectivity index (χ1v) is 6.51. The highest BCUT2D eigenvalue weighted by Gasteiger charge is 2.21. The van der Waals surface area contributed by atoms with E-state index in [1.165, 1.54) is 12.8 Å². The van der Waals surface area contributed by atoms with E-state index >= 15 is 0 Å². The fraction of sp³-hybridized carbons (Fsp3) is 1.00. The maximum absolute atomic E-state index is 9.29. The molecular weight excluding hydrogens is 202 g/mol. The van der Waals surface area contributed by atoms with Crippen LogP contribution in [0.25, 0.3) is 0 Å². The first-order valence-electron chi connectivity index (χ1n) is 6.51. The van der Waals surface area contributed by atoms with Crippen LogP contribution in [0.5, 0.6) is 0 Å². The molecule has 2 N–H and O–H groups in total. The lowest BCUT2D eigenvalue weighted by molar-refractivity contribution is 0.0686. The second-order valence-electron chi connectivity index (χ2n) is 4.97. The Morgan fingerprint density at radius 3 is 2.56 bits per heavy atom. The predicted octanol–water partition coefficient (Wildman–Crippen LogP) is 2.19. The van der Waals surface area contributed by atoms with Crippen molar-refractivity contribution in [3.8, 4) is 0 Å². The predicted molar refractivity (Wildman–Crippen MR) is 68.7 cm³/mol. The zero-order valence-electron chi connectivity index (χ0n) is 11.4. The first-order chi connectivity index (χ1) is 7.58. The number of rotatable bonds is 10. The van der Waals surface area contributed by atoms with E-state index in [2.05, 4.69) is 26.1 Å². The smallest absolute Gasteiger partial charge is 0.0611 e. The number of aliphatic hydroxyl groups excluding tert-OH is 1.